The van der Waals surface area contributed by atoms with E-state index in [2.05, 4.69) is 65.8 Å². The third-order valence-electron chi connectivity index (χ3n) is 13.3. The highest BCUT2D eigenvalue weighted by Crippen LogP contribution is 2.68. The number of imide groups is 2. The van der Waals surface area contributed by atoms with E-state index in [0.29, 0.717) is 32.4 Å². The van der Waals surface area contributed by atoms with Crippen molar-refractivity contribution >= 4 is 55.9 Å². The molecule has 12 rings (SSSR count). The summed E-state index contributed by atoms with van der Waals surface area (Å²) >= 11 is 0. The second-order valence-electron chi connectivity index (χ2n) is 17.8. The van der Waals surface area contributed by atoms with Crippen LogP contribution in [-0.4, -0.2) is 46.5 Å². The number of amides is 4. The average molecular weight is 657 g/mol. The Morgan fingerprint density at radius 3 is 1.04 bits per heavy atom. The summed E-state index contributed by atoms with van der Waals surface area (Å²) in [5.41, 5.74) is 6.09. The molecule has 4 fully saturated rings. The fraction of sp³-hybridized carbons (Fsp3) is 0.512. The molecule has 8 aliphatic heterocycles. The van der Waals surface area contributed by atoms with Crippen LogP contribution in [0.1, 0.15) is 119 Å². The zero-order valence-corrected chi connectivity index (χ0v) is 28.8. The summed E-state index contributed by atoms with van der Waals surface area (Å²) in [7, 11) is 0. The van der Waals surface area contributed by atoms with Crippen LogP contribution >= 0.6 is 0 Å². The molecular formula is C41H40N2O6. The number of nitrogens with zero attached hydrogens (tertiary/aromatic N) is 2. The van der Waals surface area contributed by atoms with Gasteiger partial charge in [-0.1, -0.05) is 65.8 Å². The van der Waals surface area contributed by atoms with E-state index in [-0.39, 0.29) is 34.5 Å². The van der Waals surface area contributed by atoms with Crippen molar-refractivity contribution in [2.24, 2.45) is 23.7 Å². The van der Waals surface area contributed by atoms with Crippen molar-refractivity contribution in [2.45, 2.75) is 96.1 Å². The number of carbonyl (C=O) groups excluding carboxylic acids is 4. The first kappa shape index (κ1) is 28.9. The van der Waals surface area contributed by atoms with Crippen LogP contribution in [0.5, 0.6) is 0 Å². The molecule has 4 saturated heterocycles. The molecule has 0 aromatic heterocycles. The van der Waals surface area contributed by atoms with Gasteiger partial charge in [0.1, 0.15) is 0 Å². The van der Waals surface area contributed by atoms with Gasteiger partial charge in [0.05, 0.1) is 48.1 Å². The maximum Gasteiger partial charge on any atom is 0.236 e. The van der Waals surface area contributed by atoms with Crippen molar-refractivity contribution < 1.29 is 28.7 Å². The predicted octanol–water partition coefficient (Wildman–Crippen LogP) is 6.82. The lowest BCUT2D eigenvalue weighted by Gasteiger charge is -2.32. The van der Waals surface area contributed by atoms with Crippen molar-refractivity contribution in [2.75, 3.05) is 13.1 Å². The first-order valence-electron chi connectivity index (χ1n) is 18.2. The number of benzene rings is 4. The summed E-state index contributed by atoms with van der Waals surface area (Å²) < 4.78 is 13.7. The van der Waals surface area contributed by atoms with E-state index < -0.39 is 48.1 Å². The van der Waals surface area contributed by atoms with Crippen LogP contribution in [-0.2, 0) is 39.5 Å². The molecule has 4 amide bonds. The Labute approximate surface area is 284 Å². The van der Waals surface area contributed by atoms with Crippen LogP contribution in [0.4, 0.5) is 0 Å². The van der Waals surface area contributed by atoms with Crippen LogP contribution in [0.2, 0.25) is 0 Å². The van der Waals surface area contributed by atoms with Gasteiger partial charge < -0.3 is 9.47 Å². The third-order valence-corrected chi connectivity index (χ3v) is 13.3. The van der Waals surface area contributed by atoms with Gasteiger partial charge in [-0.15, -0.1) is 0 Å². The molecule has 0 radical (unpaired) electrons. The molecule has 0 spiro atoms. The van der Waals surface area contributed by atoms with Gasteiger partial charge in [0.25, 0.3) is 0 Å². The van der Waals surface area contributed by atoms with Gasteiger partial charge >= 0.3 is 0 Å². The minimum atomic E-state index is -0.530. The number of rotatable bonds is 0. The summed E-state index contributed by atoms with van der Waals surface area (Å²) in [6, 6.07) is 9.18. The van der Waals surface area contributed by atoms with Crippen molar-refractivity contribution in [1.29, 1.82) is 0 Å². The van der Waals surface area contributed by atoms with Gasteiger partial charge in [0, 0.05) is 13.1 Å². The lowest BCUT2D eigenvalue weighted by Crippen LogP contribution is -2.34. The van der Waals surface area contributed by atoms with Crippen molar-refractivity contribution in [3.63, 3.8) is 0 Å². The molecule has 8 heteroatoms. The Kier molecular flexibility index (Phi) is 5.13. The lowest BCUT2D eigenvalue weighted by molar-refractivity contribution is -0.144. The molecule has 8 aliphatic rings. The molecule has 0 aliphatic carbocycles. The SMILES string of the molecule is CC(C)(C)c1cc2c3c4c5cc(C(C)(C)C)cc6c7c(c(c1)c2c65)[C@@H]1O[C@H]7C2C(=O)N(CCCCCN5C(=O)C6C(C5=O)[C@H]4O[C@H]36)C(=O)C21. The Hall–Kier alpha value is -3.88. The monoisotopic (exact) mass is 656 g/mol. The van der Waals surface area contributed by atoms with E-state index in [1.807, 2.05) is 0 Å². The van der Waals surface area contributed by atoms with Gasteiger partial charge in [-0.2, -0.15) is 0 Å². The fourth-order valence-electron chi connectivity index (χ4n) is 11.0. The van der Waals surface area contributed by atoms with Crippen LogP contribution in [0.15, 0.2) is 24.3 Å². The Morgan fingerprint density at radius 2 is 0.776 bits per heavy atom. The Morgan fingerprint density at radius 1 is 0.490 bits per heavy atom. The molecule has 250 valence electrons. The Bertz CT molecular complexity index is 2000. The van der Waals surface area contributed by atoms with E-state index in [1.54, 1.807) is 0 Å². The van der Waals surface area contributed by atoms with Gasteiger partial charge in [-0.25, -0.2) is 0 Å². The Balaban J connectivity index is 1.33. The van der Waals surface area contributed by atoms with Crippen molar-refractivity contribution in [1.82, 2.24) is 9.80 Å². The largest absolute Gasteiger partial charge is 0.364 e. The number of fused-ring (bicyclic) bond motifs is 4. The summed E-state index contributed by atoms with van der Waals surface area (Å²) in [5, 5.41) is 6.51. The maximum absolute atomic E-state index is 14.2. The zero-order valence-electron chi connectivity index (χ0n) is 28.8. The molecule has 49 heavy (non-hydrogen) atoms. The molecule has 20 bridgehead atoms. The molecule has 4 aromatic carbocycles. The van der Waals surface area contributed by atoms with E-state index in [0.717, 1.165) is 65.7 Å². The first-order chi connectivity index (χ1) is 23.3. The smallest absolute Gasteiger partial charge is 0.236 e. The average Bonchev–Trinajstić information content (AvgIpc) is 3.87. The predicted molar refractivity (Wildman–Crippen MR) is 182 cm³/mol. The highest BCUT2D eigenvalue weighted by molar-refractivity contribution is 6.28. The molecule has 0 saturated carbocycles. The quantitative estimate of drug-likeness (QED) is 0.152. The van der Waals surface area contributed by atoms with E-state index in [1.165, 1.54) is 9.80 Å². The van der Waals surface area contributed by atoms with Gasteiger partial charge in [-0.05, 0) is 95.8 Å². The van der Waals surface area contributed by atoms with Crippen LogP contribution in [0, 0.1) is 23.7 Å². The van der Waals surface area contributed by atoms with Crippen molar-refractivity contribution in [3.05, 3.63) is 57.6 Å². The number of hydrogen-bond donors (Lipinski definition) is 0. The van der Waals surface area contributed by atoms with E-state index in [4.69, 9.17) is 9.47 Å². The molecular weight excluding hydrogens is 616 g/mol. The fourth-order valence-corrected chi connectivity index (χ4v) is 11.0. The molecule has 8 heterocycles. The minimum Gasteiger partial charge on any atom is -0.364 e. The highest BCUT2D eigenvalue weighted by Gasteiger charge is 2.67. The molecule has 8 nitrogen and oxygen atoms in total. The van der Waals surface area contributed by atoms with Gasteiger partial charge in [0.2, 0.25) is 23.6 Å². The topological polar surface area (TPSA) is 93.2 Å². The standard InChI is InChI=1S/C41H40N2O6/c1-40(2,3)16-12-18-22-19(13-16)25-27-21-15-17(41(4,5)6)14-20(23(21)22)26-24(18)32-28-30(34(26)48-32)38(46)42(36(28)44)10-8-7-9-11-43-37(45)29-31(39(43)47)35(27)49-33(25)29/h12-15,28-35H,7-11H2,1-6H3/t28?,29?,30?,31?,32-,33+,34+,35-. The second kappa shape index (κ2) is 8.70. The van der Waals surface area contributed by atoms with Gasteiger partial charge in [0.15, 0.2) is 0 Å². The summed E-state index contributed by atoms with van der Waals surface area (Å²) in [4.78, 5) is 59.6. The highest BCUT2D eigenvalue weighted by atomic mass is 16.5. The zero-order chi connectivity index (χ0) is 33.8. The lowest BCUT2D eigenvalue weighted by atomic mass is 9.68. The molecule has 0 N–H and O–H groups in total. The summed E-state index contributed by atoms with van der Waals surface area (Å²) in [6.45, 7) is 13.9. The second-order valence-corrected chi connectivity index (χ2v) is 17.8. The minimum absolute atomic E-state index is 0.128. The van der Waals surface area contributed by atoms with Crippen LogP contribution in [0.3, 0.4) is 0 Å². The van der Waals surface area contributed by atoms with Crippen LogP contribution < -0.4 is 0 Å². The number of hydrogen-bond acceptors (Lipinski definition) is 6. The third kappa shape index (κ3) is 3.21. The molecule has 4 unspecified atom stereocenters. The molecule has 4 aromatic rings. The van der Waals surface area contributed by atoms with Crippen molar-refractivity contribution in [3.8, 4) is 0 Å². The summed E-state index contributed by atoms with van der Waals surface area (Å²) in [6.07, 6.45) is -0.0270. The van der Waals surface area contributed by atoms with Crippen LogP contribution in [0.25, 0.3) is 32.3 Å². The maximum atomic E-state index is 14.2. The number of ether oxygens (including phenoxy) is 2. The van der Waals surface area contributed by atoms with Gasteiger partial charge in [-0.3, -0.25) is 29.0 Å². The van der Waals surface area contributed by atoms with E-state index in [9.17, 15) is 19.2 Å². The normalized spacial score (nSPS) is 33.0. The summed E-state index contributed by atoms with van der Waals surface area (Å²) in [5.74, 6) is -2.63. The first-order valence-corrected chi connectivity index (χ1v) is 18.2. The number of carbonyl (C=O) groups is 4. The van der Waals surface area contributed by atoms with E-state index >= 15 is 0 Å². The molecule has 8 atom stereocenters.